The molecule has 0 unspecified atom stereocenters. The van der Waals surface area contributed by atoms with Gasteiger partial charge in [0, 0.05) is 76.2 Å². The molecule has 12 heteroatoms. The van der Waals surface area contributed by atoms with Crippen molar-refractivity contribution in [3.05, 3.63) is 47.9 Å². The first-order chi connectivity index (χ1) is 17.1. The molecule has 3 aromatic heterocycles. The van der Waals surface area contributed by atoms with Gasteiger partial charge in [0.25, 0.3) is 0 Å². The van der Waals surface area contributed by atoms with Gasteiger partial charge in [-0.1, -0.05) is 0 Å². The molecule has 36 heavy (non-hydrogen) atoms. The van der Waals surface area contributed by atoms with Crippen LogP contribution in [0.3, 0.4) is 0 Å². The number of piperazine rings is 1. The Bertz CT molecular complexity index is 1220. The molecule has 0 aromatic carbocycles. The maximum atomic E-state index is 13.9. The molecule has 0 bridgehead atoms. The molecule has 0 spiro atoms. The second-order valence-electron chi connectivity index (χ2n) is 9.00. The van der Waals surface area contributed by atoms with E-state index in [1.54, 1.807) is 37.6 Å². The molecule has 4 rings (SSSR count). The number of alkyl halides is 2. The normalized spacial score (nSPS) is 15.1. The molecule has 190 valence electrons. The molecule has 0 aliphatic carbocycles. The number of pyridine rings is 1. The minimum absolute atomic E-state index is 0.180. The van der Waals surface area contributed by atoms with Gasteiger partial charge in [-0.3, -0.25) is 19.7 Å². The van der Waals surface area contributed by atoms with Gasteiger partial charge in [-0.05, 0) is 14.0 Å². The molecule has 0 saturated carbocycles. The van der Waals surface area contributed by atoms with Crippen molar-refractivity contribution >= 4 is 23.2 Å². The average molecular weight is 498 g/mol. The molecule has 1 amide bonds. The second kappa shape index (κ2) is 10.5. The van der Waals surface area contributed by atoms with E-state index in [1.165, 1.54) is 6.92 Å². The molecule has 1 aliphatic rings. The van der Waals surface area contributed by atoms with Crippen LogP contribution in [0.1, 0.15) is 31.1 Å². The number of likely N-dealkylation sites (N-methyl/N-ethyl adjacent to an activating group) is 1. The molecule has 0 radical (unpaired) electrons. The highest BCUT2D eigenvalue weighted by atomic mass is 19.3. The van der Waals surface area contributed by atoms with E-state index in [-0.39, 0.29) is 11.7 Å². The van der Waals surface area contributed by atoms with Gasteiger partial charge in [-0.2, -0.15) is 8.78 Å². The number of amides is 1. The summed E-state index contributed by atoms with van der Waals surface area (Å²) in [4.78, 5) is 37.5. The van der Waals surface area contributed by atoms with Crippen molar-refractivity contribution in [1.29, 1.82) is 0 Å². The zero-order valence-corrected chi connectivity index (χ0v) is 20.7. The molecular weight excluding hydrogens is 468 g/mol. The number of aromatic nitrogens is 5. The first-order valence-corrected chi connectivity index (χ1v) is 11.6. The van der Waals surface area contributed by atoms with Crippen molar-refractivity contribution in [2.24, 2.45) is 0 Å². The number of anilines is 3. The fourth-order valence-corrected chi connectivity index (χ4v) is 3.79. The lowest BCUT2D eigenvalue weighted by Crippen LogP contribution is -2.44. The Morgan fingerprint density at radius 3 is 2.42 bits per heavy atom. The minimum atomic E-state index is -3.20. The summed E-state index contributed by atoms with van der Waals surface area (Å²) in [5, 5.41) is 5.69. The molecule has 1 saturated heterocycles. The molecule has 2 N–H and O–H groups in total. The van der Waals surface area contributed by atoms with Crippen LogP contribution in [-0.2, 0) is 17.3 Å². The fourth-order valence-electron chi connectivity index (χ4n) is 3.79. The number of hydrogen-bond acceptors (Lipinski definition) is 9. The lowest BCUT2D eigenvalue weighted by Gasteiger charge is -2.31. The predicted octanol–water partition coefficient (Wildman–Crippen LogP) is 3.20. The summed E-state index contributed by atoms with van der Waals surface area (Å²) >= 11 is 0. The first-order valence-electron chi connectivity index (χ1n) is 11.6. The van der Waals surface area contributed by atoms with E-state index in [1.807, 2.05) is 0 Å². The van der Waals surface area contributed by atoms with E-state index in [0.717, 1.165) is 38.8 Å². The highest BCUT2D eigenvalue weighted by molar-refractivity contribution is 5.89. The Kier molecular flexibility index (Phi) is 7.45. The number of hydrogen-bond donors (Lipinski definition) is 2. The Labute approximate surface area is 208 Å². The van der Waals surface area contributed by atoms with Crippen LogP contribution in [0.25, 0.3) is 11.3 Å². The summed E-state index contributed by atoms with van der Waals surface area (Å²) < 4.78 is 27.8. The summed E-state index contributed by atoms with van der Waals surface area (Å²) in [6.45, 7) is 8.42. The quantitative estimate of drug-likeness (QED) is 0.508. The first kappa shape index (κ1) is 25.5. The number of nitrogens with zero attached hydrogens (tertiary/aromatic N) is 7. The smallest absolute Gasteiger partial charge is 0.303 e. The molecule has 1 aliphatic heterocycles. The number of aryl methyl sites for hydroxylation is 1. The van der Waals surface area contributed by atoms with Crippen LogP contribution < -0.4 is 10.6 Å². The molecule has 0 atom stereocenters. The number of carbonyl (C=O) groups is 1. The van der Waals surface area contributed by atoms with E-state index in [2.05, 4.69) is 52.4 Å². The Morgan fingerprint density at radius 2 is 1.78 bits per heavy atom. The van der Waals surface area contributed by atoms with Crippen molar-refractivity contribution in [3.8, 4) is 11.3 Å². The van der Waals surface area contributed by atoms with E-state index in [4.69, 9.17) is 0 Å². The van der Waals surface area contributed by atoms with Gasteiger partial charge in [-0.15, -0.1) is 0 Å². The number of rotatable bonds is 7. The minimum Gasteiger partial charge on any atom is -0.339 e. The van der Waals surface area contributed by atoms with Crippen LogP contribution in [0.4, 0.5) is 26.1 Å². The number of halogens is 2. The van der Waals surface area contributed by atoms with E-state index in [0.29, 0.717) is 35.0 Å². The second-order valence-corrected chi connectivity index (χ2v) is 9.00. The Balaban J connectivity index is 1.62. The third-order valence-corrected chi connectivity index (χ3v) is 5.68. The van der Waals surface area contributed by atoms with E-state index in [9.17, 15) is 13.6 Å². The van der Waals surface area contributed by atoms with Crippen molar-refractivity contribution in [2.45, 2.75) is 33.2 Å². The molecule has 3 aromatic rings. The summed E-state index contributed by atoms with van der Waals surface area (Å²) in [5.74, 6) is -3.61. The highest BCUT2D eigenvalue weighted by Crippen LogP contribution is 2.31. The Hall–Kier alpha value is -3.64. The molecule has 1 fully saturated rings. The SMILES string of the molecule is CC(=O)Nc1cc(Nc2cc(C)nc(C(C)(F)F)n2)c(-c2cnc(CN3CCN(C)CC3)cn2)cn1. The van der Waals surface area contributed by atoms with Crippen molar-refractivity contribution in [1.82, 2.24) is 34.7 Å². The van der Waals surface area contributed by atoms with Gasteiger partial charge in [-0.25, -0.2) is 15.0 Å². The van der Waals surface area contributed by atoms with Gasteiger partial charge >= 0.3 is 5.92 Å². The highest BCUT2D eigenvalue weighted by Gasteiger charge is 2.29. The van der Waals surface area contributed by atoms with E-state index < -0.39 is 11.7 Å². The maximum Gasteiger partial charge on any atom is 0.303 e. The van der Waals surface area contributed by atoms with Crippen LogP contribution >= 0.6 is 0 Å². The number of nitrogens with one attached hydrogen (secondary N) is 2. The summed E-state index contributed by atoms with van der Waals surface area (Å²) in [5.41, 5.74) is 2.81. The zero-order chi connectivity index (χ0) is 25.9. The average Bonchev–Trinajstić information content (AvgIpc) is 2.80. The number of carbonyl (C=O) groups excluding carboxylic acids is 1. The molecular formula is C24H29F2N9O. The third kappa shape index (κ3) is 6.52. The van der Waals surface area contributed by atoms with Crippen LogP contribution in [0.15, 0.2) is 30.7 Å². The summed E-state index contributed by atoms with van der Waals surface area (Å²) in [7, 11) is 2.11. The molecule has 4 heterocycles. The standard InChI is InChI=1S/C24H29F2N9O/c1-15-9-22(33-23(30-15)24(3,25)26)32-19-10-21(31-16(2)36)29-12-18(19)20-13-27-17(11-28-20)14-35-7-5-34(4)6-8-35/h9-13H,5-8,14H2,1-4H3,(H2,29,30,31,32,33,36). The topological polar surface area (TPSA) is 112 Å². The van der Waals surface area contributed by atoms with Gasteiger partial charge < -0.3 is 15.5 Å². The lowest BCUT2D eigenvalue weighted by atomic mass is 10.1. The van der Waals surface area contributed by atoms with Gasteiger partial charge in [0.2, 0.25) is 11.7 Å². The monoisotopic (exact) mass is 497 g/mol. The van der Waals surface area contributed by atoms with Crippen molar-refractivity contribution in [3.63, 3.8) is 0 Å². The van der Waals surface area contributed by atoms with E-state index >= 15 is 0 Å². The summed E-state index contributed by atoms with van der Waals surface area (Å²) in [6.07, 6.45) is 4.92. The predicted molar refractivity (Wildman–Crippen MR) is 132 cm³/mol. The Morgan fingerprint density at radius 1 is 1.03 bits per heavy atom. The maximum absolute atomic E-state index is 13.9. The summed E-state index contributed by atoms with van der Waals surface area (Å²) in [6, 6.07) is 3.15. The van der Waals surface area contributed by atoms with Gasteiger partial charge in [0.05, 0.1) is 29.5 Å². The zero-order valence-electron chi connectivity index (χ0n) is 20.7. The van der Waals surface area contributed by atoms with Gasteiger partial charge in [0.15, 0.2) is 0 Å². The largest absolute Gasteiger partial charge is 0.339 e. The van der Waals surface area contributed by atoms with Crippen LogP contribution in [0.5, 0.6) is 0 Å². The van der Waals surface area contributed by atoms with Crippen molar-refractivity contribution in [2.75, 3.05) is 43.9 Å². The third-order valence-electron chi connectivity index (χ3n) is 5.68. The fraction of sp³-hybridized carbons (Fsp3) is 0.417. The van der Waals surface area contributed by atoms with Crippen LogP contribution in [0, 0.1) is 6.92 Å². The van der Waals surface area contributed by atoms with Crippen LogP contribution in [0.2, 0.25) is 0 Å². The van der Waals surface area contributed by atoms with Crippen molar-refractivity contribution < 1.29 is 13.6 Å². The lowest BCUT2D eigenvalue weighted by molar-refractivity contribution is -0.114. The van der Waals surface area contributed by atoms with Gasteiger partial charge in [0.1, 0.15) is 11.6 Å². The van der Waals surface area contributed by atoms with Crippen LogP contribution in [-0.4, -0.2) is 73.9 Å². The molecule has 10 nitrogen and oxygen atoms in total.